The van der Waals surface area contributed by atoms with Crippen LogP contribution in [-0.4, -0.2) is 59.7 Å². The van der Waals surface area contributed by atoms with Crippen LogP contribution in [0.5, 0.6) is 0 Å². The third-order valence-electron chi connectivity index (χ3n) is 7.64. The lowest BCUT2D eigenvalue weighted by Gasteiger charge is -2.41. The van der Waals surface area contributed by atoms with E-state index >= 15 is 0 Å². The third-order valence-corrected chi connectivity index (χ3v) is 7.64. The molecule has 1 heterocycles. The number of benzene rings is 2. The fourth-order valence-corrected chi connectivity index (χ4v) is 5.33. The van der Waals surface area contributed by atoms with E-state index in [1.165, 1.54) is 0 Å². The number of nitrogens with one attached hydrogen (secondary N) is 2. The summed E-state index contributed by atoms with van der Waals surface area (Å²) in [5.74, 6) is -0.460. The lowest BCUT2D eigenvalue weighted by molar-refractivity contribution is -0.147. The maximum atomic E-state index is 14.3. The van der Waals surface area contributed by atoms with E-state index in [0.717, 1.165) is 24.0 Å². The number of alkyl carbamates (subject to hydrolysis) is 1. The van der Waals surface area contributed by atoms with Crippen LogP contribution in [-0.2, 0) is 32.1 Å². The Morgan fingerprint density at radius 2 is 1.57 bits per heavy atom. The average Bonchev–Trinajstić information content (AvgIpc) is 3.43. The lowest BCUT2D eigenvalue weighted by Crippen LogP contribution is -2.64. The summed E-state index contributed by atoms with van der Waals surface area (Å²) in [5.41, 5.74) is 0.00257. The van der Waals surface area contributed by atoms with Gasteiger partial charge < -0.3 is 25.0 Å². The first-order valence-electron chi connectivity index (χ1n) is 14.1. The highest BCUT2D eigenvalue weighted by molar-refractivity contribution is 5.94. The molecule has 1 fully saturated rings. The van der Waals surface area contributed by atoms with E-state index in [2.05, 4.69) is 10.6 Å². The van der Waals surface area contributed by atoms with Gasteiger partial charge in [-0.1, -0.05) is 74.5 Å². The third kappa shape index (κ3) is 8.31. The molecule has 0 bridgehead atoms. The summed E-state index contributed by atoms with van der Waals surface area (Å²) in [5, 5.41) is 5.79. The Balaban J connectivity index is 1.82. The van der Waals surface area contributed by atoms with Crippen LogP contribution in [0.2, 0.25) is 0 Å². The summed E-state index contributed by atoms with van der Waals surface area (Å²) >= 11 is 0. The first-order chi connectivity index (χ1) is 18.9. The van der Waals surface area contributed by atoms with Crippen molar-refractivity contribution < 1.29 is 23.9 Å². The van der Waals surface area contributed by atoms with Crippen LogP contribution in [0.1, 0.15) is 65.0 Å². The molecule has 40 heavy (non-hydrogen) atoms. The lowest BCUT2D eigenvalue weighted by atomic mass is 9.88. The molecule has 8 nitrogen and oxygen atoms in total. The Hall–Kier alpha value is -3.39. The van der Waals surface area contributed by atoms with E-state index in [4.69, 9.17) is 9.47 Å². The number of amides is 3. The maximum Gasteiger partial charge on any atom is 0.408 e. The van der Waals surface area contributed by atoms with E-state index in [1.807, 2.05) is 93.3 Å². The number of hydrogen-bond acceptors (Lipinski definition) is 5. The highest BCUT2D eigenvalue weighted by atomic mass is 16.5. The Kier molecular flexibility index (Phi) is 10.7. The Morgan fingerprint density at radius 1 is 0.975 bits per heavy atom. The highest BCUT2D eigenvalue weighted by Crippen LogP contribution is 2.32. The zero-order valence-electron chi connectivity index (χ0n) is 24.7. The van der Waals surface area contributed by atoms with Crippen LogP contribution >= 0.6 is 0 Å². The summed E-state index contributed by atoms with van der Waals surface area (Å²) in [6.07, 6.45) is 1.71. The van der Waals surface area contributed by atoms with Crippen LogP contribution in [0.25, 0.3) is 0 Å². The second-order valence-electron chi connectivity index (χ2n) is 11.8. The van der Waals surface area contributed by atoms with Crippen molar-refractivity contribution in [3.05, 3.63) is 71.8 Å². The fraction of sp³-hybridized carbons (Fsp3) is 0.531. The smallest absolute Gasteiger partial charge is 0.408 e. The van der Waals surface area contributed by atoms with Gasteiger partial charge >= 0.3 is 6.09 Å². The van der Waals surface area contributed by atoms with Crippen LogP contribution in [0.4, 0.5) is 4.79 Å². The average molecular weight is 552 g/mol. The number of carbonyl (C=O) groups excluding carboxylic acids is 3. The van der Waals surface area contributed by atoms with E-state index in [0.29, 0.717) is 19.4 Å². The van der Waals surface area contributed by atoms with Gasteiger partial charge in [-0.05, 0) is 57.1 Å². The molecule has 1 aliphatic heterocycles. The summed E-state index contributed by atoms with van der Waals surface area (Å²) in [6, 6.07) is 18.0. The quantitative estimate of drug-likeness (QED) is 0.393. The molecule has 2 aromatic carbocycles. The zero-order valence-corrected chi connectivity index (χ0v) is 24.7. The van der Waals surface area contributed by atoms with E-state index in [9.17, 15) is 14.4 Å². The van der Waals surface area contributed by atoms with Crippen molar-refractivity contribution in [3.8, 4) is 0 Å². The van der Waals surface area contributed by atoms with Crippen molar-refractivity contribution in [2.45, 2.75) is 90.1 Å². The molecule has 3 atom stereocenters. The van der Waals surface area contributed by atoms with Gasteiger partial charge in [0.05, 0.1) is 11.6 Å². The maximum absolute atomic E-state index is 14.3. The number of likely N-dealkylation sites (tertiary alicyclic amines) is 1. The van der Waals surface area contributed by atoms with Crippen molar-refractivity contribution in [2.75, 3.05) is 13.7 Å². The van der Waals surface area contributed by atoms with Gasteiger partial charge in [0, 0.05) is 20.1 Å². The van der Waals surface area contributed by atoms with Crippen molar-refractivity contribution in [1.29, 1.82) is 0 Å². The van der Waals surface area contributed by atoms with Crippen LogP contribution in [0, 0.1) is 5.92 Å². The second-order valence-corrected chi connectivity index (χ2v) is 11.8. The zero-order chi connectivity index (χ0) is 29.3. The molecule has 0 aromatic heterocycles. The van der Waals surface area contributed by atoms with Gasteiger partial charge in [0.2, 0.25) is 11.8 Å². The second kappa shape index (κ2) is 13.8. The molecule has 0 spiro atoms. The number of carbonyl (C=O) groups is 3. The van der Waals surface area contributed by atoms with Crippen LogP contribution < -0.4 is 10.6 Å². The van der Waals surface area contributed by atoms with Crippen LogP contribution in [0.3, 0.4) is 0 Å². The summed E-state index contributed by atoms with van der Waals surface area (Å²) in [4.78, 5) is 42.6. The standard InChI is InChI=1S/C32H45N3O5/c1-23(2)20-26(33-30(38)40-22-25-16-11-8-12-17-25)28(36)34-32(5,21-24-14-9-7-10-15-24)29(37)35-19-13-18-27(35)31(3,4)39-6/h7-12,14-17,23,26-27H,13,18-22H2,1-6H3,(H,33,38)(H,34,36)/t26-,27-,32-/m0/s1. The summed E-state index contributed by atoms with van der Waals surface area (Å²) in [7, 11) is 1.66. The molecule has 2 aromatic rings. The van der Waals surface area contributed by atoms with E-state index < -0.39 is 29.2 Å². The molecule has 0 unspecified atom stereocenters. The Bertz CT molecular complexity index is 1120. The summed E-state index contributed by atoms with van der Waals surface area (Å²) < 4.78 is 11.1. The minimum absolute atomic E-state index is 0.0958. The Morgan fingerprint density at radius 3 is 2.15 bits per heavy atom. The molecule has 3 rings (SSSR count). The SMILES string of the molecule is COC(C)(C)[C@@H]1CCCN1C(=O)[C@](C)(Cc1ccccc1)NC(=O)[C@H](CC(C)C)NC(=O)OCc1ccccc1. The van der Waals surface area contributed by atoms with Gasteiger partial charge in [0.15, 0.2) is 0 Å². The predicted molar refractivity (Wildman–Crippen MR) is 156 cm³/mol. The molecule has 0 saturated carbocycles. The molecule has 0 aliphatic carbocycles. The van der Waals surface area contributed by atoms with E-state index in [-0.39, 0.29) is 24.5 Å². The van der Waals surface area contributed by atoms with Gasteiger partial charge in [-0.3, -0.25) is 9.59 Å². The van der Waals surface area contributed by atoms with E-state index in [1.54, 1.807) is 14.0 Å². The molecular weight excluding hydrogens is 506 g/mol. The fourth-order valence-electron chi connectivity index (χ4n) is 5.33. The molecule has 218 valence electrons. The molecule has 1 saturated heterocycles. The van der Waals surface area contributed by atoms with Gasteiger partial charge in [0.25, 0.3) is 0 Å². The van der Waals surface area contributed by atoms with Gasteiger partial charge in [-0.25, -0.2) is 4.79 Å². The van der Waals surface area contributed by atoms with Crippen molar-refractivity contribution >= 4 is 17.9 Å². The highest BCUT2D eigenvalue weighted by Gasteiger charge is 2.47. The first-order valence-corrected chi connectivity index (χ1v) is 14.1. The first kappa shape index (κ1) is 31.1. The van der Waals surface area contributed by atoms with Crippen molar-refractivity contribution in [1.82, 2.24) is 15.5 Å². The molecule has 8 heteroatoms. The molecule has 0 radical (unpaired) electrons. The largest absolute Gasteiger partial charge is 0.445 e. The Labute approximate surface area is 238 Å². The predicted octanol–water partition coefficient (Wildman–Crippen LogP) is 4.86. The number of nitrogens with zero attached hydrogens (tertiary/aromatic N) is 1. The minimum Gasteiger partial charge on any atom is -0.445 e. The normalized spacial score (nSPS) is 17.7. The number of rotatable bonds is 12. The van der Waals surface area contributed by atoms with Gasteiger partial charge in [-0.15, -0.1) is 0 Å². The van der Waals surface area contributed by atoms with Gasteiger partial charge in [0.1, 0.15) is 18.2 Å². The molecule has 1 aliphatic rings. The topological polar surface area (TPSA) is 97.0 Å². The number of ether oxygens (including phenoxy) is 2. The van der Waals surface area contributed by atoms with Crippen LogP contribution in [0.15, 0.2) is 60.7 Å². The molecule has 3 amide bonds. The minimum atomic E-state index is -1.24. The summed E-state index contributed by atoms with van der Waals surface area (Å²) in [6.45, 7) is 10.4. The van der Waals surface area contributed by atoms with Crippen molar-refractivity contribution in [3.63, 3.8) is 0 Å². The van der Waals surface area contributed by atoms with Crippen molar-refractivity contribution in [2.24, 2.45) is 5.92 Å². The number of hydrogen-bond donors (Lipinski definition) is 2. The number of methoxy groups -OCH3 is 1. The van der Waals surface area contributed by atoms with Gasteiger partial charge in [-0.2, -0.15) is 0 Å². The molecular formula is C32H45N3O5. The molecule has 2 N–H and O–H groups in total. The monoisotopic (exact) mass is 551 g/mol.